The minimum Gasteiger partial charge on any atom is -0.406 e. The molecule has 1 fully saturated rings. The molecule has 2 heterocycles. The molecule has 1 saturated heterocycles. The Morgan fingerprint density at radius 2 is 2.05 bits per heavy atom. The highest BCUT2D eigenvalue weighted by atomic mass is 16.5. The zero-order valence-electron chi connectivity index (χ0n) is 11.1. The maximum absolute atomic E-state index is 12.1. The molecule has 3 N–H and O–H groups in total. The SMILES string of the molecule is CC(Nc1nnc(C(C)N)o1)C(=O)N1CCOCC1. The van der Waals surface area contributed by atoms with E-state index < -0.39 is 6.04 Å². The normalized spacial score (nSPS) is 19.0. The lowest BCUT2D eigenvalue weighted by Gasteiger charge is -2.29. The third kappa shape index (κ3) is 3.42. The number of hydrogen-bond donors (Lipinski definition) is 2. The van der Waals surface area contributed by atoms with E-state index in [9.17, 15) is 4.79 Å². The molecule has 1 aliphatic rings. The van der Waals surface area contributed by atoms with Gasteiger partial charge in [-0.15, -0.1) is 5.10 Å². The number of amides is 1. The van der Waals surface area contributed by atoms with E-state index in [1.165, 1.54) is 0 Å². The predicted octanol–water partition coefficient (Wildman–Crippen LogP) is -0.251. The van der Waals surface area contributed by atoms with E-state index in [-0.39, 0.29) is 18.0 Å². The van der Waals surface area contributed by atoms with Gasteiger partial charge in [0.25, 0.3) is 0 Å². The van der Waals surface area contributed by atoms with Gasteiger partial charge >= 0.3 is 6.01 Å². The number of rotatable bonds is 4. The van der Waals surface area contributed by atoms with Crippen LogP contribution in [0.3, 0.4) is 0 Å². The molecular weight excluding hydrogens is 250 g/mol. The van der Waals surface area contributed by atoms with Crippen molar-refractivity contribution in [2.45, 2.75) is 25.9 Å². The van der Waals surface area contributed by atoms with Crippen molar-refractivity contribution < 1.29 is 13.9 Å². The number of nitrogens with zero attached hydrogens (tertiary/aromatic N) is 3. The summed E-state index contributed by atoms with van der Waals surface area (Å²) in [6.07, 6.45) is 0. The Labute approximate surface area is 111 Å². The number of nitrogens with two attached hydrogens (primary N) is 1. The van der Waals surface area contributed by atoms with Gasteiger partial charge in [-0.3, -0.25) is 4.79 Å². The van der Waals surface area contributed by atoms with Crippen molar-refractivity contribution in [1.82, 2.24) is 15.1 Å². The average molecular weight is 269 g/mol. The van der Waals surface area contributed by atoms with Crippen molar-refractivity contribution >= 4 is 11.9 Å². The van der Waals surface area contributed by atoms with Crippen molar-refractivity contribution in [1.29, 1.82) is 0 Å². The van der Waals surface area contributed by atoms with Gasteiger partial charge in [0, 0.05) is 13.1 Å². The molecule has 8 nitrogen and oxygen atoms in total. The third-order valence-corrected chi connectivity index (χ3v) is 2.86. The first kappa shape index (κ1) is 13.8. The number of hydrogen-bond acceptors (Lipinski definition) is 7. The summed E-state index contributed by atoms with van der Waals surface area (Å²) in [7, 11) is 0. The van der Waals surface area contributed by atoms with E-state index in [1.54, 1.807) is 18.7 Å². The minimum absolute atomic E-state index is 0.0103. The number of morpholine rings is 1. The Hall–Kier alpha value is -1.67. The summed E-state index contributed by atoms with van der Waals surface area (Å²) in [6, 6.07) is -0.547. The second-order valence-corrected chi connectivity index (χ2v) is 4.54. The second kappa shape index (κ2) is 5.98. The highest BCUT2D eigenvalue weighted by molar-refractivity contribution is 5.83. The number of aromatic nitrogens is 2. The molecule has 1 aliphatic heterocycles. The van der Waals surface area contributed by atoms with Gasteiger partial charge in [0.1, 0.15) is 6.04 Å². The fraction of sp³-hybridized carbons (Fsp3) is 0.727. The molecule has 19 heavy (non-hydrogen) atoms. The molecule has 8 heteroatoms. The molecule has 0 radical (unpaired) electrons. The average Bonchev–Trinajstić information content (AvgIpc) is 2.87. The maximum atomic E-state index is 12.1. The van der Waals surface area contributed by atoms with E-state index in [0.717, 1.165) is 0 Å². The van der Waals surface area contributed by atoms with Gasteiger partial charge < -0.3 is 25.1 Å². The van der Waals surface area contributed by atoms with Crippen LogP contribution in [-0.4, -0.2) is 53.3 Å². The molecular formula is C11H19N5O3. The first-order valence-corrected chi connectivity index (χ1v) is 6.30. The summed E-state index contributed by atoms with van der Waals surface area (Å²) < 4.78 is 10.5. The predicted molar refractivity (Wildman–Crippen MR) is 67.4 cm³/mol. The van der Waals surface area contributed by atoms with Crippen LogP contribution in [0.25, 0.3) is 0 Å². The smallest absolute Gasteiger partial charge is 0.316 e. The lowest BCUT2D eigenvalue weighted by molar-refractivity contribution is -0.135. The summed E-state index contributed by atoms with van der Waals surface area (Å²) in [5, 5.41) is 10.5. The summed E-state index contributed by atoms with van der Waals surface area (Å²) in [5.41, 5.74) is 5.62. The van der Waals surface area contributed by atoms with Crippen LogP contribution in [0.1, 0.15) is 25.8 Å². The summed E-state index contributed by atoms with van der Waals surface area (Å²) in [6.45, 7) is 5.88. The molecule has 1 amide bonds. The Kier molecular flexibility index (Phi) is 4.33. The van der Waals surface area contributed by atoms with Crippen molar-refractivity contribution in [3.8, 4) is 0 Å². The molecule has 1 aromatic heterocycles. The number of nitrogens with one attached hydrogen (secondary N) is 1. The molecule has 2 atom stereocenters. The van der Waals surface area contributed by atoms with Crippen molar-refractivity contribution in [3.05, 3.63) is 5.89 Å². The first-order valence-electron chi connectivity index (χ1n) is 6.30. The maximum Gasteiger partial charge on any atom is 0.316 e. The fourth-order valence-electron chi connectivity index (χ4n) is 1.78. The van der Waals surface area contributed by atoms with Gasteiger partial charge in [-0.25, -0.2) is 0 Å². The van der Waals surface area contributed by atoms with E-state index in [0.29, 0.717) is 32.2 Å². The van der Waals surface area contributed by atoms with E-state index in [2.05, 4.69) is 15.5 Å². The van der Waals surface area contributed by atoms with E-state index >= 15 is 0 Å². The summed E-state index contributed by atoms with van der Waals surface area (Å²) in [5.74, 6) is 0.331. The molecule has 2 unspecified atom stereocenters. The molecule has 0 bridgehead atoms. The first-order chi connectivity index (χ1) is 9.08. The van der Waals surface area contributed by atoms with E-state index in [4.69, 9.17) is 14.9 Å². The quantitative estimate of drug-likeness (QED) is 0.776. The zero-order chi connectivity index (χ0) is 13.8. The number of ether oxygens (including phenoxy) is 1. The molecule has 0 aliphatic carbocycles. The topological polar surface area (TPSA) is 107 Å². The van der Waals surface area contributed by atoms with Crippen molar-refractivity contribution in [2.24, 2.45) is 5.73 Å². The molecule has 1 aromatic rings. The van der Waals surface area contributed by atoms with Crippen molar-refractivity contribution in [3.63, 3.8) is 0 Å². The summed E-state index contributed by atoms with van der Waals surface area (Å²) in [4.78, 5) is 13.9. The van der Waals surface area contributed by atoms with Crippen LogP contribution < -0.4 is 11.1 Å². The third-order valence-electron chi connectivity index (χ3n) is 2.86. The van der Waals surface area contributed by atoms with Crippen molar-refractivity contribution in [2.75, 3.05) is 31.6 Å². The number of carbonyl (C=O) groups excluding carboxylic acids is 1. The van der Waals surface area contributed by atoms with Crippen LogP contribution in [0.15, 0.2) is 4.42 Å². The minimum atomic E-state index is -0.431. The molecule has 0 spiro atoms. The zero-order valence-corrected chi connectivity index (χ0v) is 11.1. The van der Waals surface area contributed by atoms with Crippen LogP contribution >= 0.6 is 0 Å². The molecule has 2 rings (SSSR count). The lowest BCUT2D eigenvalue weighted by atomic mass is 10.2. The van der Waals surface area contributed by atoms with Gasteiger partial charge in [-0.2, -0.15) is 0 Å². The Morgan fingerprint density at radius 3 is 2.63 bits per heavy atom. The largest absolute Gasteiger partial charge is 0.406 e. The van der Waals surface area contributed by atoms with Gasteiger partial charge in [-0.1, -0.05) is 5.10 Å². The molecule has 0 saturated carbocycles. The second-order valence-electron chi connectivity index (χ2n) is 4.54. The fourth-order valence-corrected chi connectivity index (χ4v) is 1.78. The van der Waals surface area contributed by atoms with Crippen LogP contribution in [-0.2, 0) is 9.53 Å². The Balaban J connectivity index is 1.91. The van der Waals surface area contributed by atoms with Gasteiger partial charge in [0.15, 0.2) is 0 Å². The van der Waals surface area contributed by atoms with Crippen LogP contribution in [0.5, 0.6) is 0 Å². The van der Waals surface area contributed by atoms with Gasteiger partial charge in [-0.05, 0) is 13.8 Å². The highest BCUT2D eigenvalue weighted by Gasteiger charge is 2.23. The van der Waals surface area contributed by atoms with E-state index in [1.807, 2.05) is 0 Å². The highest BCUT2D eigenvalue weighted by Crippen LogP contribution is 2.13. The van der Waals surface area contributed by atoms with Gasteiger partial charge in [0.2, 0.25) is 11.8 Å². The Bertz CT molecular complexity index is 428. The molecule has 0 aromatic carbocycles. The van der Waals surface area contributed by atoms with Crippen LogP contribution in [0.2, 0.25) is 0 Å². The summed E-state index contributed by atoms with van der Waals surface area (Å²) >= 11 is 0. The van der Waals surface area contributed by atoms with Gasteiger partial charge in [0.05, 0.1) is 19.3 Å². The van der Waals surface area contributed by atoms with Crippen LogP contribution in [0, 0.1) is 0 Å². The number of carbonyl (C=O) groups is 1. The van der Waals surface area contributed by atoms with Crippen LogP contribution in [0.4, 0.5) is 6.01 Å². The lowest BCUT2D eigenvalue weighted by Crippen LogP contribution is -2.47. The monoisotopic (exact) mass is 269 g/mol. The Morgan fingerprint density at radius 1 is 1.37 bits per heavy atom. The molecule has 106 valence electrons. The number of anilines is 1. The standard InChI is InChI=1S/C11H19N5O3/c1-7(12)9-14-15-11(19-9)13-8(2)10(17)16-3-5-18-6-4-16/h7-8H,3-6,12H2,1-2H3,(H,13,15).